The lowest BCUT2D eigenvalue weighted by Gasteiger charge is -2.43. The van der Waals surface area contributed by atoms with Gasteiger partial charge in [0.25, 0.3) is 8.32 Å². The van der Waals surface area contributed by atoms with E-state index in [0.29, 0.717) is 19.8 Å². The first-order valence-corrected chi connectivity index (χ1v) is 11.3. The van der Waals surface area contributed by atoms with Gasteiger partial charge in [0.2, 0.25) is 0 Å². The van der Waals surface area contributed by atoms with E-state index in [2.05, 4.69) is 81.4 Å². The zero-order valence-electron chi connectivity index (χ0n) is 16.3. The van der Waals surface area contributed by atoms with Crippen molar-refractivity contribution in [3.63, 3.8) is 0 Å². The van der Waals surface area contributed by atoms with Crippen molar-refractivity contribution >= 4 is 18.7 Å². The van der Waals surface area contributed by atoms with Gasteiger partial charge in [-0.25, -0.2) is 0 Å². The molecule has 140 valence electrons. The van der Waals surface area contributed by atoms with E-state index >= 15 is 0 Å². The average molecular weight is 371 g/mol. The second-order valence-corrected chi connectivity index (χ2v) is 12.4. The van der Waals surface area contributed by atoms with Crippen LogP contribution in [-0.2, 0) is 13.9 Å². The summed E-state index contributed by atoms with van der Waals surface area (Å²) in [5.74, 6) is 0.279. The minimum Gasteiger partial charge on any atom is -0.407 e. The highest BCUT2D eigenvalue weighted by molar-refractivity contribution is 6.99. The maximum Gasteiger partial charge on any atom is 0.261 e. The lowest BCUT2D eigenvalue weighted by atomic mass is 10.1. The molecule has 1 aliphatic rings. The summed E-state index contributed by atoms with van der Waals surface area (Å²) < 4.78 is 18.2. The molecule has 0 aromatic heterocycles. The van der Waals surface area contributed by atoms with E-state index in [1.807, 2.05) is 0 Å². The summed E-state index contributed by atoms with van der Waals surface area (Å²) in [6, 6.07) is 21.5. The third-order valence-electron chi connectivity index (χ3n) is 5.37. The topological polar surface area (TPSA) is 27.7 Å². The first kappa shape index (κ1) is 19.3. The van der Waals surface area contributed by atoms with E-state index in [9.17, 15) is 0 Å². The fourth-order valence-corrected chi connectivity index (χ4v) is 8.61. The highest BCUT2D eigenvalue weighted by atomic mass is 28.4. The molecule has 0 N–H and O–H groups in total. The summed E-state index contributed by atoms with van der Waals surface area (Å²) in [7, 11) is -0.711. The standard InChI is InChI=1S/C22H30O3Si/c1-22(2,3)26(19-11-7-5-8-12-19,20-13-9-6-10-14-20)25-16-18-15-24-17-21(18)23-4/h5-14,18,21H,15-17H2,1-4H3/t18-,21+/m0/s1. The molecule has 26 heavy (non-hydrogen) atoms. The smallest absolute Gasteiger partial charge is 0.261 e. The van der Waals surface area contributed by atoms with Gasteiger partial charge in [0.15, 0.2) is 0 Å². The van der Waals surface area contributed by atoms with Crippen LogP contribution in [0.4, 0.5) is 0 Å². The van der Waals surface area contributed by atoms with Crippen LogP contribution < -0.4 is 10.4 Å². The molecule has 1 heterocycles. The van der Waals surface area contributed by atoms with Crippen LogP contribution in [0.15, 0.2) is 60.7 Å². The molecular formula is C22H30O3Si. The van der Waals surface area contributed by atoms with E-state index in [1.54, 1.807) is 7.11 Å². The van der Waals surface area contributed by atoms with Crippen LogP contribution in [0.1, 0.15) is 20.8 Å². The zero-order valence-corrected chi connectivity index (χ0v) is 17.3. The van der Waals surface area contributed by atoms with Crippen molar-refractivity contribution in [3.8, 4) is 0 Å². The Hall–Kier alpha value is -1.46. The van der Waals surface area contributed by atoms with E-state index in [4.69, 9.17) is 13.9 Å². The highest BCUT2D eigenvalue weighted by Crippen LogP contribution is 2.37. The van der Waals surface area contributed by atoms with E-state index in [1.165, 1.54) is 10.4 Å². The van der Waals surface area contributed by atoms with Crippen molar-refractivity contribution in [1.29, 1.82) is 0 Å². The predicted octanol–water partition coefficient (Wildman–Crippen LogP) is 3.22. The van der Waals surface area contributed by atoms with Crippen LogP contribution in [0.2, 0.25) is 5.04 Å². The maximum atomic E-state index is 6.96. The van der Waals surface area contributed by atoms with Crippen molar-refractivity contribution in [3.05, 3.63) is 60.7 Å². The Kier molecular flexibility index (Phi) is 5.98. The molecule has 0 bridgehead atoms. The average Bonchev–Trinajstić information content (AvgIpc) is 3.10. The lowest BCUT2D eigenvalue weighted by Crippen LogP contribution is -2.67. The minimum absolute atomic E-state index is 0.00225. The molecule has 0 spiro atoms. The van der Waals surface area contributed by atoms with Gasteiger partial charge < -0.3 is 13.9 Å². The number of hydrogen-bond acceptors (Lipinski definition) is 3. The molecule has 0 unspecified atom stereocenters. The molecule has 0 aliphatic carbocycles. The normalized spacial score (nSPS) is 21.1. The Morgan fingerprint density at radius 2 is 1.46 bits per heavy atom. The van der Waals surface area contributed by atoms with Gasteiger partial charge in [-0.15, -0.1) is 0 Å². The van der Waals surface area contributed by atoms with Gasteiger partial charge >= 0.3 is 0 Å². The lowest BCUT2D eigenvalue weighted by molar-refractivity contribution is 0.0533. The molecule has 3 rings (SSSR count). The van der Waals surface area contributed by atoms with Gasteiger partial charge in [-0.2, -0.15) is 0 Å². The highest BCUT2D eigenvalue weighted by Gasteiger charge is 2.50. The predicted molar refractivity (Wildman–Crippen MR) is 109 cm³/mol. The first-order valence-electron chi connectivity index (χ1n) is 9.34. The SMILES string of the molecule is CO[C@@H]1COC[C@H]1CO[Si](c1ccccc1)(c1ccccc1)C(C)(C)C. The number of benzene rings is 2. The van der Waals surface area contributed by atoms with Crippen molar-refractivity contribution in [1.82, 2.24) is 0 Å². The molecule has 0 amide bonds. The number of ether oxygens (including phenoxy) is 2. The second kappa shape index (κ2) is 8.05. The van der Waals surface area contributed by atoms with Crippen LogP contribution in [0, 0.1) is 5.92 Å². The largest absolute Gasteiger partial charge is 0.407 e. The Balaban J connectivity index is 2.03. The molecule has 4 heteroatoms. The van der Waals surface area contributed by atoms with E-state index in [0.717, 1.165) is 0 Å². The summed E-state index contributed by atoms with van der Waals surface area (Å²) in [5, 5.41) is 2.62. The molecule has 2 aromatic carbocycles. The molecule has 1 fully saturated rings. The number of methoxy groups -OCH3 is 1. The van der Waals surface area contributed by atoms with Crippen molar-refractivity contribution < 1.29 is 13.9 Å². The Morgan fingerprint density at radius 1 is 0.923 bits per heavy atom. The van der Waals surface area contributed by atoms with E-state index in [-0.39, 0.29) is 17.1 Å². The monoisotopic (exact) mass is 370 g/mol. The zero-order chi connectivity index (χ0) is 18.6. The number of rotatable bonds is 6. The second-order valence-electron chi connectivity index (χ2n) is 8.05. The third kappa shape index (κ3) is 3.65. The molecule has 1 saturated heterocycles. The van der Waals surface area contributed by atoms with Crippen LogP contribution in [0.3, 0.4) is 0 Å². The van der Waals surface area contributed by atoms with Gasteiger partial charge in [-0.1, -0.05) is 81.4 Å². The Bertz CT molecular complexity index is 642. The van der Waals surface area contributed by atoms with Gasteiger partial charge in [0.05, 0.1) is 19.3 Å². The van der Waals surface area contributed by atoms with Crippen molar-refractivity contribution in [2.45, 2.75) is 31.9 Å². The third-order valence-corrected chi connectivity index (χ3v) is 10.4. The fraction of sp³-hybridized carbons (Fsp3) is 0.455. The van der Waals surface area contributed by atoms with Crippen molar-refractivity contribution in [2.24, 2.45) is 5.92 Å². The van der Waals surface area contributed by atoms with E-state index < -0.39 is 8.32 Å². The summed E-state index contributed by atoms with van der Waals surface area (Å²) in [5.41, 5.74) is 0. The molecule has 1 aliphatic heterocycles. The minimum atomic E-state index is -2.47. The van der Waals surface area contributed by atoms with Gasteiger partial charge in [0, 0.05) is 19.6 Å². The summed E-state index contributed by atoms with van der Waals surface area (Å²) in [4.78, 5) is 0. The van der Waals surface area contributed by atoms with Crippen molar-refractivity contribution in [2.75, 3.05) is 26.9 Å². The molecular weight excluding hydrogens is 340 g/mol. The van der Waals surface area contributed by atoms with Gasteiger partial charge in [-0.05, 0) is 15.4 Å². The molecule has 0 saturated carbocycles. The van der Waals surface area contributed by atoms with Crippen LogP contribution in [0.25, 0.3) is 0 Å². The quantitative estimate of drug-likeness (QED) is 0.731. The molecule has 3 nitrogen and oxygen atoms in total. The Morgan fingerprint density at radius 3 is 1.92 bits per heavy atom. The fourth-order valence-electron chi connectivity index (χ4n) is 3.99. The summed E-state index contributed by atoms with van der Waals surface area (Å²) >= 11 is 0. The summed E-state index contributed by atoms with van der Waals surface area (Å²) in [6.07, 6.45) is 0.119. The van der Waals surface area contributed by atoms with Crippen LogP contribution >= 0.6 is 0 Å². The van der Waals surface area contributed by atoms with Crippen LogP contribution in [0.5, 0.6) is 0 Å². The summed E-state index contributed by atoms with van der Waals surface area (Å²) in [6.45, 7) is 8.93. The maximum absolute atomic E-state index is 6.96. The van der Waals surface area contributed by atoms with Gasteiger partial charge in [0.1, 0.15) is 0 Å². The molecule has 2 atom stereocenters. The van der Waals surface area contributed by atoms with Gasteiger partial charge in [-0.3, -0.25) is 0 Å². The number of hydrogen-bond donors (Lipinski definition) is 0. The first-order chi connectivity index (χ1) is 12.5. The Labute approximate surface area is 158 Å². The molecule has 2 aromatic rings. The molecule has 0 radical (unpaired) electrons. The van der Waals surface area contributed by atoms with Crippen LogP contribution in [-0.4, -0.2) is 41.4 Å².